The second-order valence-electron chi connectivity index (χ2n) is 4.31. The molecule has 0 spiro atoms. The lowest BCUT2D eigenvalue weighted by molar-refractivity contribution is -0.129. The Balaban J connectivity index is 1.89. The first-order chi connectivity index (χ1) is 8.56. The Morgan fingerprint density at radius 1 is 1.50 bits per heavy atom. The monoisotopic (exact) mass is 249 g/mol. The van der Waals surface area contributed by atoms with Crippen molar-refractivity contribution in [3.05, 3.63) is 24.0 Å². The van der Waals surface area contributed by atoms with Gasteiger partial charge in [0.15, 0.2) is 6.10 Å². The average molecular weight is 249 g/mol. The van der Waals surface area contributed by atoms with Crippen LogP contribution in [0.5, 0.6) is 0 Å². The number of hydrogen-bond acceptors (Lipinski definition) is 5. The van der Waals surface area contributed by atoms with Crippen LogP contribution in [0.1, 0.15) is 30.3 Å². The van der Waals surface area contributed by atoms with Gasteiger partial charge in [0.1, 0.15) is 5.69 Å². The number of carbonyl (C=O) groups excluding carboxylic acids is 2. The summed E-state index contributed by atoms with van der Waals surface area (Å²) in [6.45, 7) is 1.53. The summed E-state index contributed by atoms with van der Waals surface area (Å²) in [4.78, 5) is 27.1. The number of hydrogen-bond donors (Lipinski definition) is 2. The number of nitrogens with two attached hydrogens (primary N) is 1. The Kier molecular flexibility index (Phi) is 3.45. The van der Waals surface area contributed by atoms with Crippen LogP contribution in [-0.2, 0) is 9.53 Å². The van der Waals surface area contributed by atoms with Crippen LogP contribution in [0.25, 0.3) is 0 Å². The van der Waals surface area contributed by atoms with Crippen LogP contribution >= 0.6 is 0 Å². The molecular weight excluding hydrogens is 234 g/mol. The molecule has 1 unspecified atom stereocenters. The van der Waals surface area contributed by atoms with Crippen LogP contribution in [0.2, 0.25) is 0 Å². The van der Waals surface area contributed by atoms with Gasteiger partial charge >= 0.3 is 5.97 Å². The van der Waals surface area contributed by atoms with Gasteiger partial charge in [-0.05, 0) is 31.9 Å². The fourth-order valence-electron chi connectivity index (χ4n) is 1.35. The molecule has 1 aliphatic rings. The SMILES string of the molecule is CC(OC(=O)c1ccc(N)cn1)C(=O)NC1CC1. The van der Waals surface area contributed by atoms with E-state index in [0.717, 1.165) is 12.8 Å². The van der Waals surface area contributed by atoms with Crippen molar-refractivity contribution < 1.29 is 14.3 Å². The molecule has 96 valence electrons. The van der Waals surface area contributed by atoms with E-state index in [1.165, 1.54) is 19.2 Å². The molecule has 3 N–H and O–H groups in total. The quantitative estimate of drug-likeness (QED) is 0.757. The molecule has 18 heavy (non-hydrogen) atoms. The highest BCUT2D eigenvalue weighted by molar-refractivity contribution is 5.90. The standard InChI is InChI=1S/C12H15N3O3/c1-7(11(16)15-9-3-4-9)18-12(17)10-5-2-8(13)6-14-10/h2,5-7,9H,3-4,13H2,1H3,(H,15,16). The van der Waals surface area contributed by atoms with Crippen LogP contribution in [0.4, 0.5) is 5.69 Å². The number of carbonyl (C=O) groups is 2. The van der Waals surface area contributed by atoms with E-state index >= 15 is 0 Å². The maximum absolute atomic E-state index is 11.7. The van der Waals surface area contributed by atoms with Gasteiger partial charge in [0.2, 0.25) is 0 Å². The van der Waals surface area contributed by atoms with Crippen molar-refractivity contribution in [2.24, 2.45) is 0 Å². The lowest BCUT2D eigenvalue weighted by Gasteiger charge is -2.12. The van der Waals surface area contributed by atoms with E-state index in [9.17, 15) is 9.59 Å². The van der Waals surface area contributed by atoms with Gasteiger partial charge in [0.25, 0.3) is 5.91 Å². The Labute approximate surface area is 105 Å². The topological polar surface area (TPSA) is 94.3 Å². The van der Waals surface area contributed by atoms with Crippen LogP contribution in [0.15, 0.2) is 18.3 Å². The molecule has 1 amide bonds. The Morgan fingerprint density at radius 3 is 2.78 bits per heavy atom. The number of ether oxygens (including phenoxy) is 1. The van der Waals surface area contributed by atoms with Gasteiger partial charge in [-0.1, -0.05) is 0 Å². The van der Waals surface area contributed by atoms with Gasteiger partial charge in [-0.3, -0.25) is 4.79 Å². The molecule has 1 heterocycles. The van der Waals surface area contributed by atoms with Crippen molar-refractivity contribution in [1.29, 1.82) is 0 Å². The summed E-state index contributed by atoms with van der Waals surface area (Å²) in [6.07, 6.45) is 2.53. The molecule has 1 aliphatic carbocycles. The fourth-order valence-corrected chi connectivity index (χ4v) is 1.35. The summed E-state index contributed by atoms with van der Waals surface area (Å²) in [5.41, 5.74) is 6.06. The normalized spacial score (nSPS) is 15.8. The van der Waals surface area contributed by atoms with Crippen molar-refractivity contribution in [3.8, 4) is 0 Å². The maximum Gasteiger partial charge on any atom is 0.357 e. The number of nitrogen functional groups attached to an aromatic ring is 1. The number of aromatic nitrogens is 1. The van der Waals surface area contributed by atoms with Crippen molar-refractivity contribution in [3.63, 3.8) is 0 Å². The fraction of sp³-hybridized carbons (Fsp3) is 0.417. The molecule has 1 atom stereocenters. The average Bonchev–Trinajstić information content (AvgIpc) is 3.13. The number of esters is 1. The largest absolute Gasteiger partial charge is 0.448 e. The molecule has 6 nitrogen and oxygen atoms in total. The van der Waals surface area contributed by atoms with Crippen LogP contribution in [-0.4, -0.2) is 29.0 Å². The van der Waals surface area contributed by atoms with E-state index in [1.54, 1.807) is 6.07 Å². The molecule has 0 aliphatic heterocycles. The van der Waals surface area contributed by atoms with Gasteiger partial charge in [0.05, 0.1) is 11.9 Å². The molecule has 1 aromatic rings. The zero-order valence-electron chi connectivity index (χ0n) is 10.1. The summed E-state index contributed by atoms with van der Waals surface area (Å²) in [6, 6.07) is 3.26. The van der Waals surface area contributed by atoms with E-state index in [0.29, 0.717) is 5.69 Å². The summed E-state index contributed by atoms with van der Waals surface area (Å²) in [5.74, 6) is -0.908. The highest BCUT2D eigenvalue weighted by atomic mass is 16.5. The van der Waals surface area contributed by atoms with Crippen molar-refractivity contribution in [2.45, 2.75) is 31.9 Å². The van der Waals surface area contributed by atoms with E-state index in [1.807, 2.05) is 0 Å². The lowest BCUT2D eigenvalue weighted by Crippen LogP contribution is -2.37. The van der Waals surface area contributed by atoms with Crippen molar-refractivity contribution >= 4 is 17.6 Å². The number of anilines is 1. The molecule has 1 saturated carbocycles. The maximum atomic E-state index is 11.7. The molecule has 6 heteroatoms. The first-order valence-electron chi connectivity index (χ1n) is 5.79. The molecule has 2 rings (SSSR count). The van der Waals surface area contributed by atoms with E-state index in [-0.39, 0.29) is 17.6 Å². The van der Waals surface area contributed by atoms with E-state index in [4.69, 9.17) is 10.5 Å². The van der Waals surface area contributed by atoms with Gasteiger partial charge in [-0.25, -0.2) is 9.78 Å². The minimum Gasteiger partial charge on any atom is -0.448 e. The number of pyridine rings is 1. The summed E-state index contributed by atoms with van der Waals surface area (Å²) in [7, 11) is 0. The van der Waals surface area contributed by atoms with Gasteiger partial charge in [-0.2, -0.15) is 0 Å². The molecule has 1 fully saturated rings. The molecule has 0 aromatic carbocycles. The van der Waals surface area contributed by atoms with Gasteiger partial charge in [-0.15, -0.1) is 0 Å². The molecule has 0 saturated heterocycles. The smallest absolute Gasteiger partial charge is 0.357 e. The minimum absolute atomic E-state index is 0.135. The number of nitrogens with zero attached hydrogens (tertiary/aromatic N) is 1. The second-order valence-corrected chi connectivity index (χ2v) is 4.31. The van der Waals surface area contributed by atoms with Crippen LogP contribution < -0.4 is 11.1 Å². The third-order valence-corrected chi connectivity index (χ3v) is 2.57. The van der Waals surface area contributed by atoms with Gasteiger partial charge in [0, 0.05) is 6.04 Å². The highest BCUT2D eigenvalue weighted by Gasteiger charge is 2.27. The molecule has 1 aromatic heterocycles. The third-order valence-electron chi connectivity index (χ3n) is 2.57. The van der Waals surface area contributed by atoms with Crippen LogP contribution in [0.3, 0.4) is 0 Å². The summed E-state index contributed by atoms with van der Waals surface area (Å²) < 4.78 is 5.01. The van der Waals surface area contributed by atoms with Crippen LogP contribution in [0, 0.1) is 0 Å². The van der Waals surface area contributed by atoms with Gasteiger partial charge < -0.3 is 15.8 Å². The number of nitrogens with one attached hydrogen (secondary N) is 1. The van der Waals surface area contributed by atoms with Crippen molar-refractivity contribution in [2.75, 3.05) is 5.73 Å². The Morgan fingerprint density at radius 2 is 2.22 bits per heavy atom. The lowest BCUT2D eigenvalue weighted by atomic mass is 10.3. The van der Waals surface area contributed by atoms with E-state index in [2.05, 4.69) is 10.3 Å². The Hall–Kier alpha value is -2.11. The zero-order chi connectivity index (χ0) is 13.1. The third kappa shape index (κ3) is 3.19. The minimum atomic E-state index is -0.822. The number of rotatable bonds is 4. The number of amides is 1. The first-order valence-corrected chi connectivity index (χ1v) is 5.79. The molecule has 0 bridgehead atoms. The summed E-state index contributed by atoms with van der Waals surface area (Å²) in [5, 5.41) is 2.76. The summed E-state index contributed by atoms with van der Waals surface area (Å²) >= 11 is 0. The molecule has 0 radical (unpaired) electrons. The predicted octanol–water partition coefficient (Wildman–Crippen LogP) is 0.488. The molecular formula is C12H15N3O3. The predicted molar refractivity (Wildman–Crippen MR) is 64.7 cm³/mol. The highest BCUT2D eigenvalue weighted by Crippen LogP contribution is 2.18. The first kappa shape index (κ1) is 12.3. The van der Waals surface area contributed by atoms with Crippen molar-refractivity contribution in [1.82, 2.24) is 10.3 Å². The Bertz CT molecular complexity index is 454. The van der Waals surface area contributed by atoms with E-state index < -0.39 is 12.1 Å². The second kappa shape index (κ2) is 5.03. The zero-order valence-corrected chi connectivity index (χ0v) is 10.1.